The average Bonchev–Trinajstić information content (AvgIpc) is 2.40. The molecular formula is C17H20FN. The summed E-state index contributed by atoms with van der Waals surface area (Å²) in [4.78, 5) is 0. The fraction of sp³-hybridized carbons (Fsp3) is 0.294. The summed E-state index contributed by atoms with van der Waals surface area (Å²) in [6.45, 7) is 6.73. The first-order chi connectivity index (χ1) is 9.08. The molecule has 2 aromatic rings. The summed E-state index contributed by atoms with van der Waals surface area (Å²) in [5, 5.41) is 3.38. The Labute approximate surface area is 114 Å². The Kier molecular flexibility index (Phi) is 4.33. The number of nitrogens with one attached hydrogen (secondary N) is 1. The van der Waals surface area contributed by atoms with Gasteiger partial charge in [0.1, 0.15) is 5.82 Å². The summed E-state index contributed by atoms with van der Waals surface area (Å²) in [5.74, 6) is -0.143. The highest BCUT2D eigenvalue weighted by Gasteiger charge is 2.09. The molecule has 0 fully saturated rings. The van der Waals surface area contributed by atoms with Crippen LogP contribution in [0.25, 0.3) is 0 Å². The van der Waals surface area contributed by atoms with Gasteiger partial charge < -0.3 is 5.32 Å². The van der Waals surface area contributed by atoms with Crippen molar-refractivity contribution < 1.29 is 4.39 Å². The number of rotatable bonds is 4. The smallest absolute Gasteiger partial charge is 0.127 e. The Bertz CT molecular complexity index is 563. The minimum atomic E-state index is -0.143. The first-order valence-electron chi connectivity index (χ1n) is 6.62. The fourth-order valence-corrected chi connectivity index (χ4v) is 2.28. The molecule has 0 unspecified atom stereocenters. The molecule has 1 atom stereocenters. The Morgan fingerprint density at radius 2 is 1.84 bits per heavy atom. The molecule has 1 nitrogen and oxygen atoms in total. The van der Waals surface area contributed by atoms with Crippen molar-refractivity contribution in [2.24, 2.45) is 0 Å². The van der Waals surface area contributed by atoms with E-state index in [1.54, 1.807) is 6.07 Å². The molecule has 100 valence electrons. The van der Waals surface area contributed by atoms with Gasteiger partial charge in [0.15, 0.2) is 0 Å². The van der Waals surface area contributed by atoms with E-state index in [1.807, 2.05) is 25.1 Å². The zero-order valence-corrected chi connectivity index (χ0v) is 11.7. The van der Waals surface area contributed by atoms with Gasteiger partial charge in [-0.2, -0.15) is 0 Å². The molecule has 19 heavy (non-hydrogen) atoms. The molecule has 1 N–H and O–H groups in total. The zero-order chi connectivity index (χ0) is 13.8. The Morgan fingerprint density at radius 3 is 2.58 bits per heavy atom. The molecule has 2 aromatic carbocycles. The van der Waals surface area contributed by atoms with E-state index in [-0.39, 0.29) is 11.9 Å². The third-order valence-electron chi connectivity index (χ3n) is 3.45. The lowest BCUT2D eigenvalue weighted by Crippen LogP contribution is -2.19. The second kappa shape index (κ2) is 5.98. The van der Waals surface area contributed by atoms with Gasteiger partial charge in [0.25, 0.3) is 0 Å². The van der Waals surface area contributed by atoms with Crippen molar-refractivity contribution in [2.45, 2.75) is 33.4 Å². The lowest BCUT2D eigenvalue weighted by atomic mass is 10.0. The molecule has 0 radical (unpaired) electrons. The van der Waals surface area contributed by atoms with Crippen LogP contribution in [0.5, 0.6) is 0 Å². The van der Waals surface area contributed by atoms with Gasteiger partial charge in [0.2, 0.25) is 0 Å². The lowest BCUT2D eigenvalue weighted by molar-refractivity contribution is 0.542. The van der Waals surface area contributed by atoms with Crippen molar-refractivity contribution >= 4 is 0 Å². The minimum Gasteiger partial charge on any atom is -0.306 e. The first kappa shape index (κ1) is 13.8. The van der Waals surface area contributed by atoms with E-state index >= 15 is 0 Å². The van der Waals surface area contributed by atoms with Crippen LogP contribution < -0.4 is 5.32 Å². The quantitative estimate of drug-likeness (QED) is 0.861. The normalized spacial score (nSPS) is 12.4. The van der Waals surface area contributed by atoms with Crippen LogP contribution in [0, 0.1) is 19.7 Å². The molecule has 0 heterocycles. The van der Waals surface area contributed by atoms with Crippen LogP contribution in [-0.2, 0) is 6.54 Å². The third-order valence-corrected chi connectivity index (χ3v) is 3.45. The largest absolute Gasteiger partial charge is 0.306 e. The van der Waals surface area contributed by atoms with E-state index in [1.165, 1.54) is 17.2 Å². The maximum absolute atomic E-state index is 13.7. The summed E-state index contributed by atoms with van der Waals surface area (Å²) < 4.78 is 13.7. The van der Waals surface area contributed by atoms with E-state index < -0.39 is 0 Å². The van der Waals surface area contributed by atoms with Gasteiger partial charge >= 0.3 is 0 Å². The van der Waals surface area contributed by atoms with Crippen LogP contribution in [0.3, 0.4) is 0 Å². The van der Waals surface area contributed by atoms with E-state index in [0.717, 1.165) is 11.1 Å². The Morgan fingerprint density at radius 1 is 1.11 bits per heavy atom. The van der Waals surface area contributed by atoms with Gasteiger partial charge in [-0.3, -0.25) is 0 Å². The monoisotopic (exact) mass is 257 g/mol. The van der Waals surface area contributed by atoms with Gasteiger partial charge in [0.05, 0.1) is 0 Å². The molecule has 0 amide bonds. The number of halogens is 1. The average molecular weight is 257 g/mol. The van der Waals surface area contributed by atoms with Gasteiger partial charge in [-0.05, 0) is 38.0 Å². The number of hydrogen-bond donors (Lipinski definition) is 1. The van der Waals surface area contributed by atoms with Crippen LogP contribution in [-0.4, -0.2) is 0 Å². The van der Waals surface area contributed by atoms with Crippen molar-refractivity contribution in [3.8, 4) is 0 Å². The molecule has 0 saturated carbocycles. The van der Waals surface area contributed by atoms with E-state index in [0.29, 0.717) is 6.54 Å². The number of benzene rings is 2. The van der Waals surface area contributed by atoms with Crippen LogP contribution in [0.4, 0.5) is 4.39 Å². The zero-order valence-electron chi connectivity index (χ0n) is 11.7. The first-order valence-corrected chi connectivity index (χ1v) is 6.62. The van der Waals surface area contributed by atoms with Crippen molar-refractivity contribution in [1.29, 1.82) is 0 Å². The summed E-state index contributed by atoms with van der Waals surface area (Å²) in [6, 6.07) is 13.7. The van der Waals surface area contributed by atoms with Crippen LogP contribution >= 0.6 is 0 Å². The summed E-state index contributed by atoms with van der Waals surface area (Å²) in [5.41, 5.74) is 4.32. The predicted octanol–water partition coefficient (Wildman–Crippen LogP) is 4.29. The van der Waals surface area contributed by atoms with E-state index in [4.69, 9.17) is 0 Å². The van der Waals surface area contributed by atoms with E-state index in [2.05, 4.69) is 31.3 Å². The third kappa shape index (κ3) is 3.42. The SMILES string of the molecule is Cc1ccc(F)c(CN[C@@H](C)c2ccccc2C)c1. The molecule has 0 spiro atoms. The van der Waals surface area contributed by atoms with Crippen LogP contribution in [0.15, 0.2) is 42.5 Å². The molecule has 0 saturated heterocycles. The maximum Gasteiger partial charge on any atom is 0.127 e. The van der Waals surface area contributed by atoms with Crippen LogP contribution in [0.2, 0.25) is 0 Å². The maximum atomic E-state index is 13.7. The van der Waals surface area contributed by atoms with Gasteiger partial charge in [0, 0.05) is 18.2 Å². The molecule has 0 aliphatic carbocycles. The van der Waals surface area contributed by atoms with Gasteiger partial charge in [-0.25, -0.2) is 4.39 Å². The highest BCUT2D eigenvalue weighted by Crippen LogP contribution is 2.18. The minimum absolute atomic E-state index is 0.143. The second-order valence-electron chi connectivity index (χ2n) is 5.05. The van der Waals surface area contributed by atoms with E-state index in [9.17, 15) is 4.39 Å². The van der Waals surface area contributed by atoms with Gasteiger partial charge in [-0.15, -0.1) is 0 Å². The second-order valence-corrected chi connectivity index (χ2v) is 5.05. The summed E-state index contributed by atoms with van der Waals surface area (Å²) in [7, 11) is 0. The molecule has 2 rings (SSSR count). The fourth-order valence-electron chi connectivity index (χ4n) is 2.28. The summed E-state index contributed by atoms with van der Waals surface area (Å²) in [6.07, 6.45) is 0. The lowest BCUT2D eigenvalue weighted by Gasteiger charge is -2.17. The van der Waals surface area contributed by atoms with Crippen molar-refractivity contribution in [3.63, 3.8) is 0 Å². The molecule has 0 bridgehead atoms. The molecule has 0 aliphatic rings. The number of hydrogen-bond acceptors (Lipinski definition) is 1. The Balaban J connectivity index is 2.06. The highest BCUT2D eigenvalue weighted by molar-refractivity contribution is 5.29. The molecular weight excluding hydrogens is 237 g/mol. The molecule has 0 aliphatic heterocycles. The van der Waals surface area contributed by atoms with Crippen LogP contribution in [0.1, 0.15) is 35.2 Å². The van der Waals surface area contributed by atoms with Crippen molar-refractivity contribution in [1.82, 2.24) is 5.32 Å². The highest BCUT2D eigenvalue weighted by atomic mass is 19.1. The molecule has 0 aromatic heterocycles. The summed E-state index contributed by atoms with van der Waals surface area (Å²) >= 11 is 0. The predicted molar refractivity (Wildman–Crippen MR) is 77.6 cm³/mol. The van der Waals surface area contributed by atoms with Gasteiger partial charge in [-0.1, -0.05) is 42.0 Å². The van der Waals surface area contributed by atoms with Crippen molar-refractivity contribution in [2.75, 3.05) is 0 Å². The topological polar surface area (TPSA) is 12.0 Å². The number of aryl methyl sites for hydroxylation is 2. The standard InChI is InChI=1S/C17H20FN/c1-12-8-9-17(18)15(10-12)11-19-14(3)16-7-5-4-6-13(16)2/h4-10,14,19H,11H2,1-3H3/t14-/m0/s1. The van der Waals surface area contributed by atoms with Crippen molar-refractivity contribution in [3.05, 3.63) is 70.5 Å². The molecule has 2 heteroatoms. The Hall–Kier alpha value is -1.67.